The maximum Gasteiger partial charge on any atom is 0.244 e. The summed E-state index contributed by atoms with van der Waals surface area (Å²) in [5.41, 5.74) is 1.38. The molecule has 6 nitrogen and oxygen atoms in total. The molecule has 0 spiro atoms. The Morgan fingerprint density at radius 2 is 1.70 bits per heavy atom. The number of hydrogen-bond acceptors (Lipinski definition) is 4. The third-order valence-electron chi connectivity index (χ3n) is 4.31. The first-order chi connectivity index (χ1) is 12.8. The molecule has 7 heteroatoms. The molecule has 146 valence electrons. The summed E-state index contributed by atoms with van der Waals surface area (Å²) >= 11 is 0. The molecule has 0 aliphatic rings. The van der Waals surface area contributed by atoms with E-state index in [4.69, 9.17) is 4.74 Å². The normalized spacial score (nSPS) is 13.5. The third-order valence-corrected chi connectivity index (χ3v) is 5.49. The first-order valence-electron chi connectivity index (χ1n) is 8.76. The van der Waals surface area contributed by atoms with Gasteiger partial charge in [-0.15, -0.1) is 0 Å². The van der Waals surface area contributed by atoms with Crippen molar-refractivity contribution in [3.05, 3.63) is 60.2 Å². The zero-order valence-electron chi connectivity index (χ0n) is 16.0. The summed E-state index contributed by atoms with van der Waals surface area (Å²) in [6.07, 6.45) is 1.44. The Labute approximate surface area is 161 Å². The second-order valence-corrected chi connectivity index (χ2v) is 8.18. The number of rotatable bonds is 8. The summed E-state index contributed by atoms with van der Waals surface area (Å²) in [5.74, 6) is 0.275. The molecule has 1 N–H and O–H groups in total. The molecule has 0 aliphatic carbocycles. The number of methoxy groups -OCH3 is 1. The maximum absolute atomic E-state index is 12.9. The van der Waals surface area contributed by atoms with Crippen LogP contribution in [0.4, 0.5) is 5.69 Å². The highest BCUT2D eigenvalue weighted by atomic mass is 32.2. The van der Waals surface area contributed by atoms with Crippen LogP contribution >= 0.6 is 0 Å². The fraction of sp³-hybridized carbons (Fsp3) is 0.350. The number of carbonyl (C=O) groups is 1. The van der Waals surface area contributed by atoms with Gasteiger partial charge in [0, 0.05) is 0 Å². The number of nitrogens with zero attached hydrogens (tertiary/aromatic N) is 1. The number of benzene rings is 2. The highest BCUT2D eigenvalue weighted by molar-refractivity contribution is 7.92. The number of nitrogens with one attached hydrogen (secondary N) is 1. The first kappa shape index (κ1) is 20.8. The Kier molecular flexibility index (Phi) is 6.85. The standard InChI is InChI=1S/C20H26N2O4S/c1-5-19(20(23)21-15(2)16-9-7-6-8-10-16)22(27(4,24)25)17-11-13-18(26-3)14-12-17/h6-15,19H,5H2,1-4H3,(H,21,23)/t15-,19+/m0/s1. The molecular weight excluding hydrogens is 364 g/mol. The van der Waals surface area contributed by atoms with Gasteiger partial charge in [0.1, 0.15) is 11.8 Å². The lowest BCUT2D eigenvalue weighted by molar-refractivity contribution is -0.122. The molecular formula is C20H26N2O4S. The Bertz CT molecular complexity index is 851. The van der Waals surface area contributed by atoms with Gasteiger partial charge in [0.2, 0.25) is 15.9 Å². The minimum absolute atomic E-state index is 0.231. The van der Waals surface area contributed by atoms with Crippen LogP contribution in [-0.2, 0) is 14.8 Å². The van der Waals surface area contributed by atoms with Gasteiger partial charge in [0.25, 0.3) is 0 Å². The molecule has 0 fully saturated rings. The van der Waals surface area contributed by atoms with Crippen LogP contribution in [0.15, 0.2) is 54.6 Å². The van der Waals surface area contributed by atoms with Gasteiger partial charge in [-0.1, -0.05) is 37.3 Å². The topological polar surface area (TPSA) is 75.7 Å². The third kappa shape index (κ3) is 5.23. The summed E-state index contributed by atoms with van der Waals surface area (Å²) < 4.78 is 31.2. The van der Waals surface area contributed by atoms with Crippen molar-refractivity contribution in [3.63, 3.8) is 0 Å². The van der Waals surface area contributed by atoms with E-state index < -0.39 is 16.1 Å². The summed E-state index contributed by atoms with van der Waals surface area (Å²) in [6, 6.07) is 15.1. The van der Waals surface area contributed by atoms with Gasteiger partial charge in [0.05, 0.1) is 25.1 Å². The maximum atomic E-state index is 12.9. The highest BCUT2D eigenvalue weighted by Crippen LogP contribution is 2.25. The van der Waals surface area contributed by atoms with Crippen molar-refractivity contribution in [2.75, 3.05) is 17.7 Å². The quantitative estimate of drug-likeness (QED) is 0.751. The molecule has 0 unspecified atom stereocenters. The van der Waals surface area contributed by atoms with Crippen LogP contribution in [0.3, 0.4) is 0 Å². The first-order valence-corrected chi connectivity index (χ1v) is 10.6. The van der Waals surface area contributed by atoms with Crippen molar-refractivity contribution in [1.82, 2.24) is 5.32 Å². The molecule has 0 saturated carbocycles. The highest BCUT2D eigenvalue weighted by Gasteiger charge is 2.32. The van der Waals surface area contributed by atoms with Crippen LogP contribution in [0.5, 0.6) is 5.75 Å². The lowest BCUT2D eigenvalue weighted by atomic mass is 10.1. The van der Waals surface area contributed by atoms with Crippen molar-refractivity contribution in [2.45, 2.75) is 32.4 Å². The largest absolute Gasteiger partial charge is 0.497 e. The van der Waals surface area contributed by atoms with Crippen LogP contribution < -0.4 is 14.4 Å². The van der Waals surface area contributed by atoms with E-state index in [1.165, 1.54) is 11.4 Å². The molecule has 0 heterocycles. The minimum Gasteiger partial charge on any atom is -0.497 e. The zero-order chi connectivity index (χ0) is 20.0. The predicted molar refractivity (Wildman–Crippen MR) is 107 cm³/mol. The molecule has 2 rings (SSSR count). The van der Waals surface area contributed by atoms with E-state index in [9.17, 15) is 13.2 Å². The molecule has 2 aromatic rings. The van der Waals surface area contributed by atoms with E-state index in [1.54, 1.807) is 31.2 Å². The summed E-state index contributed by atoms with van der Waals surface area (Å²) in [5, 5.41) is 2.92. The molecule has 0 bridgehead atoms. The van der Waals surface area contributed by atoms with E-state index in [0.29, 0.717) is 17.9 Å². The minimum atomic E-state index is -3.66. The van der Waals surface area contributed by atoms with E-state index in [0.717, 1.165) is 11.8 Å². The number of anilines is 1. The van der Waals surface area contributed by atoms with Crippen LogP contribution in [0.1, 0.15) is 31.9 Å². The van der Waals surface area contributed by atoms with Crippen molar-refractivity contribution < 1.29 is 17.9 Å². The molecule has 2 aromatic carbocycles. The van der Waals surface area contributed by atoms with Gasteiger partial charge in [-0.2, -0.15) is 0 Å². The fourth-order valence-corrected chi connectivity index (χ4v) is 4.14. The van der Waals surface area contributed by atoms with Crippen molar-refractivity contribution in [2.24, 2.45) is 0 Å². The molecule has 0 aliphatic heterocycles. The van der Waals surface area contributed by atoms with Crippen LogP contribution in [-0.4, -0.2) is 33.7 Å². The lowest BCUT2D eigenvalue weighted by Gasteiger charge is -2.31. The van der Waals surface area contributed by atoms with Crippen molar-refractivity contribution >= 4 is 21.6 Å². The average Bonchev–Trinajstić information content (AvgIpc) is 2.65. The lowest BCUT2D eigenvalue weighted by Crippen LogP contribution is -2.49. The summed E-state index contributed by atoms with van der Waals surface area (Å²) in [7, 11) is -2.12. The molecule has 2 atom stereocenters. The van der Waals surface area contributed by atoms with Gasteiger partial charge in [-0.25, -0.2) is 8.42 Å². The van der Waals surface area contributed by atoms with E-state index in [2.05, 4.69) is 5.32 Å². The molecule has 0 aromatic heterocycles. The Morgan fingerprint density at radius 1 is 1.11 bits per heavy atom. The summed E-state index contributed by atoms with van der Waals surface area (Å²) in [6.45, 7) is 3.66. The molecule has 0 saturated heterocycles. The average molecular weight is 391 g/mol. The number of sulfonamides is 1. The SMILES string of the molecule is CC[C@H](C(=O)N[C@@H](C)c1ccccc1)N(c1ccc(OC)cc1)S(C)(=O)=O. The molecule has 0 radical (unpaired) electrons. The van der Waals surface area contributed by atoms with Crippen molar-refractivity contribution in [3.8, 4) is 5.75 Å². The second kappa shape index (κ2) is 8.90. The summed E-state index contributed by atoms with van der Waals surface area (Å²) in [4.78, 5) is 12.9. The monoisotopic (exact) mass is 390 g/mol. The zero-order valence-corrected chi connectivity index (χ0v) is 16.9. The van der Waals surface area contributed by atoms with Crippen LogP contribution in [0.2, 0.25) is 0 Å². The number of hydrogen-bond donors (Lipinski definition) is 1. The number of amides is 1. The number of carbonyl (C=O) groups excluding carboxylic acids is 1. The van der Waals surface area contributed by atoms with Gasteiger partial charge < -0.3 is 10.1 Å². The molecule has 1 amide bonds. The van der Waals surface area contributed by atoms with E-state index >= 15 is 0 Å². The number of ether oxygens (including phenoxy) is 1. The Hall–Kier alpha value is -2.54. The Balaban J connectivity index is 2.30. The molecule has 27 heavy (non-hydrogen) atoms. The predicted octanol–water partition coefficient (Wildman–Crippen LogP) is 3.12. The van der Waals surface area contributed by atoms with Gasteiger partial charge in [-0.05, 0) is 43.2 Å². The smallest absolute Gasteiger partial charge is 0.244 e. The second-order valence-electron chi connectivity index (χ2n) is 6.32. The van der Waals surface area contributed by atoms with Gasteiger partial charge in [0.15, 0.2) is 0 Å². The van der Waals surface area contributed by atoms with E-state index in [-0.39, 0.29) is 11.9 Å². The van der Waals surface area contributed by atoms with Crippen molar-refractivity contribution in [1.29, 1.82) is 0 Å². The fourth-order valence-electron chi connectivity index (χ4n) is 2.92. The van der Waals surface area contributed by atoms with Gasteiger partial charge >= 0.3 is 0 Å². The van der Waals surface area contributed by atoms with Crippen LogP contribution in [0, 0.1) is 0 Å². The Morgan fingerprint density at radius 3 is 2.19 bits per heavy atom. The van der Waals surface area contributed by atoms with Crippen LogP contribution in [0.25, 0.3) is 0 Å². The van der Waals surface area contributed by atoms with Gasteiger partial charge in [-0.3, -0.25) is 9.10 Å². The van der Waals surface area contributed by atoms with E-state index in [1.807, 2.05) is 37.3 Å².